The highest BCUT2D eigenvalue weighted by Crippen LogP contribution is 2.25. The topological polar surface area (TPSA) is 38.0 Å². The van der Waals surface area contributed by atoms with E-state index in [0.29, 0.717) is 5.92 Å². The second-order valence-electron chi connectivity index (χ2n) is 4.36. The van der Waals surface area contributed by atoms with Crippen molar-refractivity contribution in [2.24, 2.45) is 11.8 Å². The number of benzene rings is 1. The van der Waals surface area contributed by atoms with Crippen LogP contribution in [-0.4, -0.2) is 0 Å². The Hall–Kier alpha value is -0.380. The lowest BCUT2D eigenvalue weighted by molar-refractivity contribution is 0.438. The van der Waals surface area contributed by atoms with Gasteiger partial charge >= 0.3 is 0 Å². The molecule has 0 aliphatic carbocycles. The van der Waals surface area contributed by atoms with Crippen LogP contribution in [0.3, 0.4) is 0 Å². The minimum Gasteiger partial charge on any atom is -0.271 e. The van der Waals surface area contributed by atoms with Crippen molar-refractivity contribution in [2.45, 2.75) is 33.2 Å². The fourth-order valence-electron chi connectivity index (χ4n) is 1.60. The van der Waals surface area contributed by atoms with Gasteiger partial charge in [0.1, 0.15) is 0 Å². The Morgan fingerprint density at radius 2 is 2.07 bits per heavy atom. The quantitative estimate of drug-likeness (QED) is 0.651. The summed E-state index contributed by atoms with van der Waals surface area (Å²) in [6.07, 6.45) is 1.05. The maximum atomic E-state index is 5.58. The first-order valence-electron chi connectivity index (χ1n) is 5.26. The van der Waals surface area contributed by atoms with E-state index >= 15 is 0 Å². The van der Waals surface area contributed by atoms with Crippen molar-refractivity contribution in [3.8, 4) is 0 Å². The highest BCUT2D eigenvalue weighted by molar-refractivity contribution is 9.10. The number of nitrogens with two attached hydrogens (primary N) is 1. The molecule has 0 aliphatic heterocycles. The smallest absolute Gasteiger partial charge is 0.0462 e. The molecule has 0 aromatic heterocycles. The summed E-state index contributed by atoms with van der Waals surface area (Å²) in [5, 5.41) is 0. The highest BCUT2D eigenvalue weighted by Gasteiger charge is 2.12. The van der Waals surface area contributed by atoms with Crippen molar-refractivity contribution >= 4 is 15.9 Å². The van der Waals surface area contributed by atoms with Gasteiger partial charge < -0.3 is 0 Å². The summed E-state index contributed by atoms with van der Waals surface area (Å²) in [6.45, 7) is 6.49. The van der Waals surface area contributed by atoms with E-state index < -0.39 is 0 Å². The van der Waals surface area contributed by atoms with Gasteiger partial charge in [0.15, 0.2) is 0 Å². The van der Waals surface area contributed by atoms with E-state index in [1.165, 1.54) is 11.1 Å². The van der Waals surface area contributed by atoms with Gasteiger partial charge in [-0.15, -0.1) is 0 Å². The van der Waals surface area contributed by atoms with E-state index in [0.717, 1.165) is 10.9 Å². The summed E-state index contributed by atoms with van der Waals surface area (Å²) in [4.78, 5) is 0. The molecule has 3 heteroatoms. The lowest BCUT2D eigenvalue weighted by atomic mass is 9.97. The molecular weight excluding hydrogens is 252 g/mol. The average Bonchev–Trinajstić information content (AvgIpc) is 2.18. The Morgan fingerprint density at radius 1 is 1.40 bits per heavy atom. The molecule has 1 atom stereocenters. The zero-order valence-electron chi connectivity index (χ0n) is 9.55. The zero-order valence-corrected chi connectivity index (χ0v) is 11.1. The Kier molecular flexibility index (Phi) is 4.77. The molecule has 3 N–H and O–H groups in total. The summed E-state index contributed by atoms with van der Waals surface area (Å²) in [5.74, 6) is 6.21. The van der Waals surface area contributed by atoms with Crippen LogP contribution in [0.5, 0.6) is 0 Å². The molecule has 1 aromatic rings. The van der Waals surface area contributed by atoms with E-state index in [9.17, 15) is 0 Å². The first-order chi connectivity index (χ1) is 7.04. The van der Waals surface area contributed by atoms with Crippen LogP contribution in [0.4, 0.5) is 0 Å². The number of hydrogen-bond donors (Lipinski definition) is 2. The largest absolute Gasteiger partial charge is 0.271 e. The van der Waals surface area contributed by atoms with Gasteiger partial charge in [-0.05, 0) is 36.5 Å². The van der Waals surface area contributed by atoms with Crippen LogP contribution in [0, 0.1) is 12.8 Å². The fraction of sp³-hybridized carbons (Fsp3) is 0.500. The molecule has 1 rings (SSSR count). The zero-order chi connectivity index (χ0) is 11.4. The van der Waals surface area contributed by atoms with Gasteiger partial charge in [-0.25, -0.2) is 0 Å². The van der Waals surface area contributed by atoms with E-state index in [-0.39, 0.29) is 6.04 Å². The van der Waals surface area contributed by atoms with E-state index in [4.69, 9.17) is 5.84 Å². The molecule has 84 valence electrons. The van der Waals surface area contributed by atoms with Crippen molar-refractivity contribution in [3.63, 3.8) is 0 Å². The Bertz CT molecular complexity index is 323. The molecule has 2 nitrogen and oxygen atoms in total. The molecule has 0 aliphatic rings. The maximum Gasteiger partial charge on any atom is 0.0462 e. The molecule has 0 fully saturated rings. The molecule has 0 radical (unpaired) electrons. The number of nitrogens with one attached hydrogen (secondary N) is 1. The third-order valence-electron chi connectivity index (χ3n) is 2.51. The molecule has 0 amide bonds. The number of halogens is 1. The van der Waals surface area contributed by atoms with Gasteiger partial charge in [0.05, 0.1) is 0 Å². The van der Waals surface area contributed by atoms with E-state index in [1.807, 2.05) is 0 Å². The van der Waals surface area contributed by atoms with Gasteiger partial charge in [-0.1, -0.05) is 41.9 Å². The summed E-state index contributed by atoms with van der Waals surface area (Å²) in [6, 6.07) is 6.63. The SMILES string of the molecule is Cc1ccc(C(CC(C)C)NN)cc1Br. The van der Waals surface area contributed by atoms with Gasteiger partial charge in [-0.2, -0.15) is 0 Å². The Morgan fingerprint density at radius 3 is 2.53 bits per heavy atom. The Labute approximate surface area is 100 Å². The van der Waals surface area contributed by atoms with Gasteiger partial charge in [0.2, 0.25) is 0 Å². The van der Waals surface area contributed by atoms with Gasteiger partial charge in [0, 0.05) is 10.5 Å². The number of rotatable bonds is 4. The fourth-order valence-corrected chi connectivity index (χ4v) is 1.99. The second kappa shape index (κ2) is 5.64. The first kappa shape index (κ1) is 12.7. The monoisotopic (exact) mass is 270 g/mol. The number of hydrogen-bond acceptors (Lipinski definition) is 2. The van der Waals surface area contributed by atoms with Gasteiger partial charge in [0.25, 0.3) is 0 Å². The van der Waals surface area contributed by atoms with Crippen molar-refractivity contribution < 1.29 is 0 Å². The molecular formula is C12H19BrN2. The molecule has 0 bridgehead atoms. The molecule has 0 saturated carbocycles. The number of hydrazine groups is 1. The minimum absolute atomic E-state index is 0.238. The van der Waals surface area contributed by atoms with Crippen LogP contribution in [0.15, 0.2) is 22.7 Å². The number of aryl methyl sites for hydroxylation is 1. The standard InChI is InChI=1S/C12H19BrN2/c1-8(2)6-12(15-14)10-5-4-9(3)11(13)7-10/h4-5,7-8,12,15H,6,14H2,1-3H3. The van der Waals surface area contributed by atoms with E-state index in [1.54, 1.807) is 0 Å². The van der Waals surface area contributed by atoms with Crippen LogP contribution in [-0.2, 0) is 0 Å². The summed E-state index contributed by atoms with van der Waals surface area (Å²) in [5.41, 5.74) is 5.36. The molecule has 0 saturated heterocycles. The summed E-state index contributed by atoms with van der Waals surface area (Å²) in [7, 11) is 0. The van der Waals surface area contributed by atoms with Crippen molar-refractivity contribution in [1.29, 1.82) is 0 Å². The first-order valence-corrected chi connectivity index (χ1v) is 6.06. The molecule has 15 heavy (non-hydrogen) atoms. The van der Waals surface area contributed by atoms with Crippen LogP contribution in [0.1, 0.15) is 37.4 Å². The predicted molar refractivity (Wildman–Crippen MR) is 68.4 cm³/mol. The highest BCUT2D eigenvalue weighted by atomic mass is 79.9. The molecule has 0 heterocycles. The molecule has 0 spiro atoms. The third kappa shape index (κ3) is 3.59. The van der Waals surface area contributed by atoms with Crippen LogP contribution < -0.4 is 11.3 Å². The lowest BCUT2D eigenvalue weighted by Crippen LogP contribution is -2.29. The average molecular weight is 271 g/mol. The maximum absolute atomic E-state index is 5.58. The van der Waals surface area contributed by atoms with Crippen LogP contribution >= 0.6 is 15.9 Å². The minimum atomic E-state index is 0.238. The van der Waals surface area contributed by atoms with E-state index in [2.05, 4.69) is 60.3 Å². The van der Waals surface area contributed by atoms with Crippen LogP contribution in [0.25, 0.3) is 0 Å². The second-order valence-corrected chi connectivity index (χ2v) is 5.21. The Balaban J connectivity index is 2.87. The predicted octanol–water partition coefficient (Wildman–Crippen LogP) is 3.31. The lowest BCUT2D eigenvalue weighted by Gasteiger charge is -2.19. The molecule has 1 aromatic carbocycles. The van der Waals surface area contributed by atoms with Crippen LogP contribution in [0.2, 0.25) is 0 Å². The summed E-state index contributed by atoms with van der Waals surface area (Å²) < 4.78 is 1.14. The van der Waals surface area contributed by atoms with Gasteiger partial charge in [-0.3, -0.25) is 11.3 Å². The van der Waals surface area contributed by atoms with Crippen molar-refractivity contribution in [3.05, 3.63) is 33.8 Å². The normalized spacial score (nSPS) is 13.2. The van der Waals surface area contributed by atoms with Crippen molar-refractivity contribution in [2.75, 3.05) is 0 Å². The molecule has 1 unspecified atom stereocenters. The summed E-state index contributed by atoms with van der Waals surface area (Å²) >= 11 is 3.54. The van der Waals surface area contributed by atoms with Crippen molar-refractivity contribution in [1.82, 2.24) is 5.43 Å². The third-order valence-corrected chi connectivity index (χ3v) is 3.36.